The number of nitrogens with zero attached hydrogens (tertiary/aromatic N) is 2. The molecule has 2 N–H and O–H groups in total. The van der Waals surface area contributed by atoms with E-state index in [9.17, 15) is 14.7 Å². The third-order valence-corrected chi connectivity index (χ3v) is 4.42. The number of carbonyl (C=O) groups is 2. The van der Waals surface area contributed by atoms with Gasteiger partial charge in [-0.3, -0.25) is 4.79 Å². The van der Waals surface area contributed by atoms with Crippen LogP contribution in [0.1, 0.15) is 47.4 Å². The number of carboxylic acids is 1. The van der Waals surface area contributed by atoms with Crippen LogP contribution in [0.5, 0.6) is 0 Å². The van der Waals surface area contributed by atoms with Crippen LogP contribution in [0.4, 0.5) is 0 Å². The van der Waals surface area contributed by atoms with E-state index in [1.54, 1.807) is 18.5 Å². The third-order valence-electron chi connectivity index (χ3n) is 4.42. The molecule has 6 heteroatoms. The van der Waals surface area contributed by atoms with Crippen LogP contribution in [0.15, 0.2) is 24.4 Å². The van der Waals surface area contributed by atoms with E-state index in [-0.39, 0.29) is 6.42 Å². The SMILES string of the molecule is CCC(C)(NC(=O)c1cnn(-c2cc(C)ccc2C)c1C)C(=O)O. The van der Waals surface area contributed by atoms with Crippen LogP contribution in [0.2, 0.25) is 0 Å². The van der Waals surface area contributed by atoms with Gasteiger partial charge in [0.15, 0.2) is 0 Å². The summed E-state index contributed by atoms with van der Waals surface area (Å²) >= 11 is 0. The molecule has 0 aliphatic carbocycles. The lowest BCUT2D eigenvalue weighted by Crippen LogP contribution is -2.51. The number of aryl methyl sites for hydroxylation is 2. The second-order valence-electron chi connectivity index (χ2n) is 6.29. The minimum Gasteiger partial charge on any atom is -0.480 e. The predicted octanol–water partition coefficient (Wildman–Crippen LogP) is 2.78. The fourth-order valence-corrected chi connectivity index (χ4v) is 2.43. The highest BCUT2D eigenvalue weighted by atomic mass is 16.4. The van der Waals surface area contributed by atoms with Crippen molar-refractivity contribution in [3.05, 3.63) is 46.8 Å². The van der Waals surface area contributed by atoms with Gasteiger partial charge in [0.2, 0.25) is 0 Å². The molecule has 0 fully saturated rings. The lowest BCUT2D eigenvalue weighted by atomic mass is 9.98. The maximum atomic E-state index is 12.5. The highest BCUT2D eigenvalue weighted by Gasteiger charge is 2.33. The van der Waals surface area contributed by atoms with Crippen molar-refractivity contribution in [1.29, 1.82) is 0 Å². The number of carboxylic acid groups (broad SMARTS) is 1. The van der Waals surface area contributed by atoms with E-state index >= 15 is 0 Å². The zero-order valence-corrected chi connectivity index (χ0v) is 14.7. The van der Waals surface area contributed by atoms with Gasteiger partial charge in [-0.05, 0) is 51.3 Å². The molecular weight excluding hydrogens is 306 g/mol. The second-order valence-corrected chi connectivity index (χ2v) is 6.29. The normalized spacial score (nSPS) is 13.4. The molecule has 0 spiro atoms. The van der Waals surface area contributed by atoms with Crippen LogP contribution < -0.4 is 5.32 Å². The molecule has 0 aliphatic heterocycles. The number of nitrogens with one attached hydrogen (secondary N) is 1. The van der Waals surface area contributed by atoms with Crippen molar-refractivity contribution in [1.82, 2.24) is 15.1 Å². The van der Waals surface area contributed by atoms with E-state index < -0.39 is 17.4 Å². The highest BCUT2D eigenvalue weighted by molar-refractivity contribution is 5.98. The summed E-state index contributed by atoms with van der Waals surface area (Å²) in [7, 11) is 0. The molecule has 1 heterocycles. The Morgan fingerprint density at radius 1 is 1.29 bits per heavy atom. The van der Waals surface area contributed by atoms with Gasteiger partial charge in [0, 0.05) is 0 Å². The van der Waals surface area contributed by atoms with Crippen molar-refractivity contribution in [2.45, 2.75) is 46.6 Å². The van der Waals surface area contributed by atoms with Gasteiger partial charge in [-0.15, -0.1) is 0 Å². The van der Waals surface area contributed by atoms with Gasteiger partial charge >= 0.3 is 5.97 Å². The molecule has 1 amide bonds. The predicted molar refractivity (Wildman–Crippen MR) is 91.6 cm³/mol. The summed E-state index contributed by atoms with van der Waals surface area (Å²) in [5, 5.41) is 16.2. The Balaban J connectivity index is 2.38. The zero-order chi connectivity index (χ0) is 18.1. The van der Waals surface area contributed by atoms with Gasteiger partial charge in [0.25, 0.3) is 5.91 Å². The first kappa shape index (κ1) is 17.7. The largest absolute Gasteiger partial charge is 0.480 e. The Bertz CT molecular complexity index is 795. The second kappa shape index (κ2) is 6.47. The molecule has 1 aromatic carbocycles. The molecule has 1 aromatic heterocycles. The van der Waals surface area contributed by atoms with Crippen LogP contribution >= 0.6 is 0 Å². The molecule has 0 bridgehead atoms. The number of hydrogen-bond donors (Lipinski definition) is 2. The molecule has 2 aromatic rings. The van der Waals surface area contributed by atoms with Crippen molar-refractivity contribution in [2.75, 3.05) is 0 Å². The molecule has 128 valence electrons. The molecule has 1 unspecified atom stereocenters. The van der Waals surface area contributed by atoms with E-state index in [1.165, 1.54) is 13.1 Å². The number of rotatable bonds is 5. The quantitative estimate of drug-likeness (QED) is 0.883. The maximum Gasteiger partial charge on any atom is 0.329 e. The number of aliphatic carboxylic acids is 1. The van der Waals surface area contributed by atoms with Gasteiger partial charge in [0.05, 0.1) is 23.1 Å². The topological polar surface area (TPSA) is 84.2 Å². The number of carbonyl (C=O) groups excluding carboxylic acids is 1. The fourth-order valence-electron chi connectivity index (χ4n) is 2.43. The van der Waals surface area contributed by atoms with Gasteiger partial charge in [-0.2, -0.15) is 5.10 Å². The van der Waals surface area contributed by atoms with Crippen molar-refractivity contribution >= 4 is 11.9 Å². The number of aromatic nitrogens is 2. The minimum atomic E-state index is -1.30. The lowest BCUT2D eigenvalue weighted by molar-refractivity contribution is -0.143. The summed E-state index contributed by atoms with van der Waals surface area (Å²) < 4.78 is 1.71. The van der Waals surface area contributed by atoms with Crippen molar-refractivity contribution < 1.29 is 14.7 Å². The summed E-state index contributed by atoms with van der Waals surface area (Å²) in [6, 6.07) is 6.03. The Kier molecular flexibility index (Phi) is 4.78. The molecular formula is C18H23N3O3. The van der Waals surface area contributed by atoms with E-state index in [0.29, 0.717) is 11.3 Å². The first-order valence-corrected chi connectivity index (χ1v) is 7.87. The number of hydrogen-bond acceptors (Lipinski definition) is 3. The van der Waals surface area contributed by atoms with Crippen molar-refractivity contribution in [3.63, 3.8) is 0 Å². The zero-order valence-electron chi connectivity index (χ0n) is 14.7. The Labute approximate surface area is 141 Å². The van der Waals surface area contributed by atoms with E-state index in [0.717, 1.165) is 16.8 Å². The van der Waals surface area contributed by atoms with E-state index in [1.807, 2.05) is 32.0 Å². The van der Waals surface area contributed by atoms with Gasteiger partial charge in [0.1, 0.15) is 5.54 Å². The van der Waals surface area contributed by atoms with Gasteiger partial charge in [-0.1, -0.05) is 19.1 Å². The Hall–Kier alpha value is -2.63. The molecule has 24 heavy (non-hydrogen) atoms. The number of benzene rings is 1. The van der Waals surface area contributed by atoms with Crippen LogP contribution in [-0.2, 0) is 4.79 Å². The maximum absolute atomic E-state index is 12.5. The molecule has 0 aliphatic rings. The molecule has 0 radical (unpaired) electrons. The smallest absolute Gasteiger partial charge is 0.329 e. The Morgan fingerprint density at radius 2 is 1.96 bits per heavy atom. The summed E-state index contributed by atoms with van der Waals surface area (Å²) in [6.45, 7) is 9.00. The standard InChI is InChI=1S/C18H23N3O3/c1-6-18(5,17(23)24)20-16(22)14-10-19-21(13(14)4)15-9-11(2)7-8-12(15)3/h7-10H,6H2,1-5H3,(H,20,22)(H,23,24). The van der Waals surface area contributed by atoms with Gasteiger partial charge < -0.3 is 10.4 Å². The van der Waals surface area contributed by atoms with E-state index in [2.05, 4.69) is 10.4 Å². The van der Waals surface area contributed by atoms with Crippen molar-refractivity contribution in [2.24, 2.45) is 0 Å². The van der Waals surface area contributed by atoms with Crippen LogP contribution in [0.25, 0.3) is 5.69 Å². The first-order chi connectivity index (χ1) is 11.2. The summed E-state index contributed by atoms with van der Waals surface area (Å²) in [4.78, 5) is 23.9. The van der Waals surface area contributed by atoms with Crippen LogP contribution in [0.3, 0.4) is 0 Å². The lowest BCUT2D eigenvalue weighted by Gasteiger charge is -2.24. The fraction of sp³-hybridized carbons (Fsp3) is 0.389. The highest BCUT2D eigenvalue weighted by Crippen LogP contribution is 2.20. The molecule has 0 saturated carbocycles. The van der Waals surface area contributed by atoms with Gasteiger partial charge in [-0.25, -0.2) is 9.48 Å². The van der Waals surface area contributed by atoms with Crippen LogP contribution in [0, 0.1) is 20.8 Å². The Morgan fingerprint density at radius 3 is 2.54 bits per heavy atom. The third kappa shape index (κ3) is 3.18. The average molecular weight is 329 g/mol. The molecule has 1 atom stereocenters. The first-order valence-electron chi connectivity index (χ1n) is 7.87. The molecule has 6 nitrogen and oxygen atoms in total. The summed E-state index contributed by atoms with van der Waals surface area (Å²) in [6.07, 6.45) is 1.77. The summed E-state index contributed by atoms with van der Waals surface area (Å²) in [5.41, 5.74) is 2.79. The van der Waals surface area contributed by atoms with Crippen LogP contribution in [-0.4, -0.2) is 32.3 Å². The van der Waals surface area contributed by atoms with E-state index in [4.69, 9.17) is 0 Å². The molecule has 0 saturated heterocycles. The molecule has 2 rings (SSSR count). The average Bonchev–Trinajstić information content (AvgIpc) is 2.91. The van der Waals surface area contributed by atoms with Crippen molar-refractivity contribution in [3.8, 4) is 5.69 Å². The number of amides is 1. The summed E-state index contributed by atoms with van der Waals surface area (Å²) in [5.74, 6) is -1.49. The minimum absolute atomic E-state index is 0.290. The monoisotopic (exact) mass is 329 g/mol.